The summed E-state index contributed by atoms with van der Waals surface area (Å²) in [5.41, 5.74) is 2.32. The molecule has 0 aromatic heterocycles. The van der Waals surface area contributed by atoms with Gasteiger partial charge in [-0.05, 0) is 76.2 Å². The highest BCUT2D eigenvalue weighted by molar-refractivity contribution is 14.1. The summed E-state index contributed by atoms with van der Waals surface area (Å²) in [5, 5.41) is 14.6. The molecular formula is C23H17F3IN3O5. The topological polar surface area (TPSA) is 103 Å². The number of carbonyl (C=O) groups is 1. The summed E-state index contributed by atoms with van der Waals surface area (Å²) in [6.45, 7) is 0.144. The number of halogens is 4. The number of hydrazone groups is 1. The average Bonchev–Trinajstić information content (AvgIpc) is 2.82. The maximum Gasteiger partial charge on any atom is 0.416 e. The second-order valence-corrected chi connectivity index (χ2v) is 8.19. The van der Waals surface area contributed by atoms with E-state index in [0.717, 1.165) is 23.8 Å². The highest BCUT2D eigenvalue weighted by atomic mass is 127. The zero-order valence-corrected chi connectivity index (χ0v) is 20.2. The molecule has 1 amide bonds. The molecule has 0 bridgehead atoms. The molecule has 0 fully saturated rings. The van der Waals surface area contributed by atoms with Crippen molar-refractivity contribution in [2.45, 2.75) is 12.8 Å². The van der Waals surface area contributed by atoms with Crippen molar-refractivity contribution < 1.29 is 32.4 Å². The lowest BCUT2D eigenvalue weighted by molar-refractivity contribution is -0.384. The zero-order chi connectivity index (χ0) is 25.6. The monoisotopic (exact) mass is 599 g/mol. The van der Waals surface area contributed by atoms with Gasteiger partial charge in [-0.1, -0.05) is 6.07 Å². The molecule has 182 valence electrons. The lowest BCUT2D eigenvalue weighted by atomic mass is 10.1. The summed E-state index contributed by atoms with van der Waals surface area (Å²) in [6.07, 6.45) is -3.24. The van der Waals surface area contributed by atoms with E-state index in [1.165, 1.54) is 31.5 Å². The van der Waals surface area contributed by atoms with Crippen LogP contribution in [0, 0.1) is 13.7 Å². The molecule has 0 heterocycles. The van der Waals surface area contributed by atoms with Crippen LogP contribution in [0.1, 0.15) is 27.0 Å². The first-order valence-electron chi connectivity index (χ1n) is 9.83. The predicted octanol–water partition coefficient (Wildman–Crippen LogP) is 5.57. The molecule has 0 spiro atoms. The van der Waals surface area contributed by atoms with Crippen molar-refractivity contribution in [3.63, 3.8) is 0 Å². The van der Waals surface area contributed by atoms with E-state index < -0.39 is 22.6 Å². The average molecular weight is 599 g/mol. The summed E-state index contributed by atoms with van der Waals surface area (Å²) < 4.78 is 50.4. The van der Waals surface area contributed by atoms with E-state index >= 15 is 0 Å². The zero-order valence-electron chi connectivity index (χ0n) is 18.0. The second kappa shape index (κ2) is 11.2. The van der Waals surface area contributed by atoms with Crippen molar-refractivity contribution in [2.24, 2.45) is 5.10 Å². The first-order chi connectivity index (χ1) is 16.6. The fraction of sp³-hybridized carbons (Fsp3) is 0.130. The third kappa shape index (κ3) is 6.91. The molecule has 8 nitrogen and oxygen atoms in total. The second-order valence-electron chi connectivity index (χ2n) is 7.02. The van der Waals surface area contributed by atoms with Crippen LogP contribution in [0.25, 0.3) is 0 Å². The minimum Gasteiger partial charge on any atom is -0.493 e. The molecule has 0 saturated carbocycles. The maximum absolute atomic E-state index is 12.8. The molecule has 3 aromatic carbocycles. The van der Waals surface area contributed by atoms with Crippen molar-refractivity contribution in [1.29, 1.82) is 0 Å². The number of methoxy groups -OCH3 is 1. The van der Waals surface area contributed by atoms with E-state index in [4.69, 9.17) is 9.47 Å². The molecule has 0 aliphatic heterocycles. The predicted molar refractivity (Wildman–Crippen MR) is 130 cm³/mol. The Morgan fingerprint density at radius 1 is 1.17 bits per heavy atom. The van der Waals surface area contributed by atoms with Crippen LogP contribution in [-0.4, -0.2) is 24.2 Å². The highest BCUT2D eigenvalue weighted by Gasteiger charge is 2.30. The smallest absolute Gasteiger partial charge is 0.416 e. The Balaban J connectivity index is 1.68. The van der Waals surface area contributed by atoms with Gasteiger partial charge in [0.2, 0.25) is 0 Å². The van der Waals surface area contributed by atoms with Crippen molar-refractivity contribution in [3.8, 4) is 11.5 Å². The van der Waals surface area contributed by atoms with Crippen LogP contribution in [0.3, 0.4) is 0 Å². The number of amides is 1. The summed E-state index contributed by atoms with van der Waals surface area (Å²) in [4.78, 5) is 22.4. The van der Waals surface area contributed by atoms with Gasteiger partial charge in [0.25, 0.3) is 11.6 Å². The Morgan fingerprint density at radius 3 is 2.51 bits per heavy atom. The van der Waals surface area contributed by atoms with E-state index in [1.807, 2.05) is 22.6 Å². The number of rotatable bonds is 8. The number of non-ortho nitro benzene ring substituents is 1. The summed E-state index contributed by atoms with van der Waals surface area (Å²) in [6, 6.07) is 13.3. The molecule has 3 rings (SSSR count). The summed E-state index contributed by atoms with van der Waals surface area (Å²) >= 11 is 2.03. The maximum atomic E-state index is 12.8. The number of ether oxygens (including phenoxy) is 2. The molecule has 0 atom stereocenters. The number of nitrogens with one attached hydrogen (secondary N) is 1. The van der Waals surface area contributed by atoms with Crippen molar-refractivity contribution in [1.82, 2.24) is 5.43 Å². The van der Waals surface area contributed by atoms with E-state index in [0.29, 0.717) is 20.6 Å². The van der Waals surface area contributed by atoms with Crippen LogP contribution in [0.4, 0.5) is 18.9 Å². The molecule has 0 radical (unpaired) electrons. The Morgan fingerprint density at radius 2 is 1.89 bits per heavy atom. The van der Waals surface area contributed by atoms with Crippen LogP contribution in [0.2, 0.25) is 0 Å². The molecule has 0 unspecified atom stereocenters. The number of alkyl halides is 3. The van der Waals surface area contributed by atoms with Gasteiger partial charge < -0.3 is 9.47 Å². The Hall–Kier alpha value is -3.68. The van der Waals surface area contributed by atoms with Crippen molar-refractivity contribution in [3.05, 3.63) is 96.6 Å². The van der Waals surface area contributed by atoms with Crippen molar-refractivity contribution >= 4 is 40.4 Å². The number of nitrogens with zero attached hydrogens (tertiary/aromatic N) is 2. The van der Waals surface area contributed by atoms with Gasteiger partial charge in [0.15, 0.2) is 11.5 Å². The molecule has 1 N–H and O–H groups in total. The summed E-state index contributed by atoms with van der Waals surface area (Å²) in [7, 11) is 1.44. The third-order valence-electron chi connectivity index (χ3n) is 4.61. The van der Waals surface area contributed by atoms with Crippen LogP contribution >= 0.6 is 22.6 Å². The molecule has 0 aliphatic rings. The van der Waals surface area contributed by atoms with E-state index in [9.17, 15) is 28.1 Å². The fourth-order valence-electron chi connectivity index (χ4n) is 2.89. The molecule has 0 aliphatic carbocycles. The number of nitro groups is 1. The number of carbonyl (C=O) groups excluding carboxylic acids is 1. The number of hydrogen-bond donors (Lipinski definition) is 1. The Labute approximate surface area is 211 Å². The SMILES string of the molecule is COc1cc(/C=N\NC(=O)c2cccc(C(F)(F)F)c2)cc(I)c1OCc1ccc([N+](=O)[O-])cc1. The molecule has 35 heavy (non-hydrogen) atoms. The standard InChI is InChI=1S/C23H17F3IN3O5/c1-34-20-10-15(12-28-29-22(31)16-3-2-4-17(11-16)23(24,25)26)9-19(27)21(20)35-13-14-5-7-18(8-6-14)30(32)33/h2-12H,13H2,1H3,(H,29,31)/b28-12-. The van der Waals surface area contributed by atoms with Gasteiger partial charge >= 0.3 is 6.18 Å². The lowest BCUT2D eigenvalue weighted by Crippen LogP contribution is -2.18. The van der Waals surface area contributed by atoms with Gasteiger partial charge in [-0.25, -0.2) is 5.43 Å². The minimum atomic E-state index is -4.56. The van der Waals surface area contributed by atoms with Crippen molar-refractivity contribution in [2.75, 3.05) is 7.11 Å². The fourth-order valence-corrected chi connectivity index (χ4v) is 3.67. The van der Waals surface area contributed by atoms with Gasteiger partial charge in [-0.15, -0.1) is 0 Å². The number of nitro benzene ring substituents is 1. The number of benzene rings is 3. The van der Waals surface area contributed by atoms with Gasteiger partial charge in [0, 0.05) is 17.7 Å². The van der Waals surface area contributed by atoms with Crippen LogP contribution in [0.15, 0.2) is 65.8 Å². The summed E-state index contributed by atoms with van der Waals surface area (Å²) in [5.74, 6) is 0.0260. The molecule has 0 saturated heterocycles. The van der Waals surface area contributed by atoms with Crippen LogP contribution in [-0.2, 0) is 12.8 Å². The largest absolute Gasteiger partial charge is 0.493 e. The first kappa shape index (κ1) is 25.9. The van der Waals surface area contributed by atoms with Gasteiger partial charge in [-0.2, -0.15) is 18.3 Å². The van der Waals surface area contributed by atoms with Gasteiger partial charge in [0.05, 0.1) is 27.4 Å². The number of hydrogen-bond acceptors (Lipinski definition) is 6. The van der Waals surface area contributed by atoms with Gasteiger partial charge in [0.1, 0.15) is 6.61 Å². The third-order valence-corrected chi connectivity index (χ3v) is 5.42. The Kier molecular flexibility index (Phi) is 8.27. The molecule has 12 heteroatoms. The van der Waals surface area contributed by atoms with E-state index in [1.54, 1.807) is 24.3 Å². The molecular weight excluding hydrogens is 582 g/mol. The van der Waals surface area contributed by atoms with E-state index in [2.05, 4.69) is 10.5 Å². The minimum absolute atomic E-state index is 0.0234. The Bertz CT molecular complexity index is 1260. The molecule has 3 aromatic rings. The van der Waals surface area contributed by atoms with Gasteiger partial charge in [-0.3, -0.25) is 14.9 Å². The normalized spacial score (nSPS) is 11.3. The van der Waals surface area contributed by atoms with E-state index in [-0.39, 0.29) is 17.9 Å². The van der Waals surface area contributed by atoms with Crippen LogP contribution < -0.4 is 14.9 Å². The highest BCUT2D eigenvalue weighted by Crippen LogP contribution is 2.34. The lowest BCUT2D eigenvalue weighted by Gasteiger charge is -2.13. The first-order valence-corrected chi connectivity index (χ1v) is 10.9. The quantitative estimate of drug-likeness (QED) is 0.158. The van der Waals surface area contributed by atoms with Crippen LogP contribution in [0.5, 0.6) is 11.5 Å².